The van der Waals surface area contributed by atoms with Crippen LogP contribution in [0.2, 0.25) is 0 Å². The number of rotatable bonds is 6. The van der Waals surface area contributed by atoms with Crippen LogP contribution < -0.4 is 15.5 Å². The molecule has 2 N–H and O–H groups in total. The van der Waals surface area contributed by atoms with Crippen molar-refractivity contribution in [2.45, 2.75) is 31.5 Å². The van der Waals surface area contributed by atoms with E-state index in [4.69, 9.17) is 4.74 Å². The van der Waals surface area contributed by atoms with Gasteiger partial charge in [0, 0.05) is 30.3 Å². The van der Waals surface area contributed by atoms with E-state index in [0.29, 0.717) is 27.9 Å². The molecule has 3 aromatic rings. The molecule has 0 aliphatic heterocycles. The van der Waals surface area contributed by atoms with Gasteiger partial charge in [-0.2, -0.15) is 0 Å². The predicted octanol–water partition coefficient (Wildman–Crippen LogP) is 5.57. The fourth-order valence-corrected chi connectivity index (χ4v) is 3.24. The van der Waals surface area contributed by atoms with E-state index in [9.17, 15) is 9.59 Å². The van der Waals surface area contributed by atoms with E-state index in [0.717, 1.165) is 5.69 Å². The van der Waals surface area contributed by atoms with E-state index >= 15 is 0 Å². The SMILES string of the molecule is CSc1ncc(C(=O)N(C)c2ccccc2)c(Nc2cccc(NC(=O)OC(C)(C)C)c2)n1. The molecule has 0 spiro atoms. The molecule has 2 aromatic carbocycles. The van der Waals surface area contributed by atoms with Crippen molar-refractivity contribution >= 4 is 46.6 Å². The summed E-state index contributed by atoms with van der Waals surface area (Å²) in [6.07, 6.45) is 2.83. The van der Waals surface area contributed by atoms with Crippen LogP contribution in [0, 0.1) is 0 Å². The average Bonchev–Trinajstić information content (AvgIpc) is 2.77. The zero-order valence-corrected chi connectivity index (χ0v) is 20.1. The molecule has 0 fully saturated rings. The van der Waals surface area contributed by atoms with Crippen LogP contribution in [0.25, 0.3) is 0 Å². The summed E-state index contributed by atoms with van der Waals surface area (Å²) in [5, 5.41) is 6.43. The lowest BCUT2D eigenvalue weighted by Gasteiger charge is -2.20. The summed E-state index contributed by atoms with van der Waals surface area (Å²) in [7, 11) is 1.70. The van der Waals surface area contributed by atoms with Crippen LogP contribution in [0.15, 0.2) is 66.0 Å². The Morgan fingerprint density at radius 1 is 1.03 bits per heavy atom. The third-order valence-corrected chi connectivity index (χ3v) is 4.96. The molecule has 0 saturated heterocycles. The third kappa shape index (κ3) is 6.69. The number of ether oxygens (including phenoxy) is 1. The minimum Gasteiger partial charge on any atom is -0.444 e. The molecule has 1 heterocycles. The maximum absolute atomic E-state index is 13.2. The number of hydrogen-bond acceptors (Lipinski definition) is 7. The van der Waals surface area contributed by atoms with Crippen molar-refractivity contribution in [2.24, 2.45) is 0 Å². The molecule has 0 radical (unpaired) electrons. The highest BCUT2D eigenvalue weighted by Crippen LogP contribution is 2.25. The second-order valence-electron chi connectivity index (χ2n) is 8.15. The number of para-hydroxylation sites is 1. The van der Waals surface area contributed by atoms with E-state index in [-0.39, 0.29) is 5.91 Å². The first kappa shape index (κ1) is 24.1. The molecule has 0 atom stereocenters. The highest BCUT2D eigenvalue weighted by Gasteiger charge is 2.20. The smallest absolute Gasteiger partial charge is 0.412 e. The summed E-state index contributed by atoms with van der Waals surface area (Å²) < 4.78 is 5.31. The molecule has 172 valence electrons. The topological polar surface area (TPSA) is 96.5 Å². The van der Waals surface area contributed by atoms with Gasteiger partial charge in [0.1, 0.15) is 17.0 Å². The number of carbonyl (C=O) groups excluding carboxylic acids is 2. The molecule has 2 amide bonds. The number of hydrogen-bond donors (Lipinski definition) is 2. The number of benzene rings is 2. The number of aromatic nitrogens is 2. The van der Waals surface area contributed by atoms with Gasteiger partial charge in [0.15, 0.2) is 5.16 Å². The van der Waals surface area contributed by atoms with Gasteiger partial charge in [-0.05, 0) is 57.4 Å². The molecule has 0 aliphatic rings. The van der Waals surface area contributed by atoms with E-state index in [1.807, 2.05) is 42.7 Å². The normalized spacial score (nSPS) is 10.9. The van der Waals surface area contributed by atoms with Gasteiger partial charge < -0.3 is 15.0 Å². The number of anilines is 4. The first-order valence-electron chi connectivity index (χ1n) is 10.3. The molecule has 0 aliphatic carbocycles. The first-order valence-corrected chi connectivity index (χ1v) is 11.5. The maximum atomic E-state index is 13.2. The Morgan fingerprint density at radius 2 is 1.73 bits per heavy atom. The molecule has 3 rings (SSSR count). The lowest BCUT2D eigenvalue weighted by Crippen LogP contribution is -2.27. The fraction of sp³-hybridized carbons (Fsp3) is 0.250. The van der Waals surface area contributed by atoms with Gasteiger partial charge in [-0.15, -0.1) is 0 Å². The molecular formula is C24H27N5O3S. The second-order valence-corrected chi connectivity index (χ2v) is 8.92. The van der Waals surface area contributed by atoms with Gasteiger partial charge in [-0.1, -0.05) is 36.0 Å². The number of carbonyl (C=O) groups is 2. The van der Waals surface area contributed by atoms with E-state index in [1.165, 1.54) is 18.0 Å². The quantitative estimate of drug-likeness (QED) is 0.363. The van der Waals surface area contributed by atoms with Gasteiger partial charge in [-0.3, -0.25) is 10.1 Å². The zero-order chi connectivity index (χ0) is 24.0. The first-order chi connectivity index (χ1) is 15.7. The van der Waals surface area contributed by atoms with Crippen molar-refractivity contribution in [3.05, 3.63) is 66.4 Å². The molecule has 0 bridgehead atoms. The van der Waals surface area contributed by atoms with Crippen LogP contribution in [-0.4, -0.2) is 40.9 Å². The van der Waals surface area contributed by atoms with Gasteiger partial charge in [0.2, 0.25) is 0 Å². The summed E-state index contributed by atoms with van der Waals surface area (Å²) >= 11 is 1.37. The van der Waals surface area contributed by atoms with Gasteiger partial charge >= 0.3 is 6.09 Å². The highest BCUT2D eigenvalue weighted by atomic mass is 32.2. The summed E-state index contributed by atoms with van der Waals surface area (Å²) in [5.74, 6) is 0.121. The number of nitrogens with zero attached hydrogens (tertiary/aromatic N) is 3. The van der Waals surface area contributed by atoms with Gasteiger partial charge in [0.25, 0.3) is 5.91 Å². The van der Waals surface area contributed by atoms with Crippen LogP contribution in [0.1, 0.15) is 31.1 Å². The van der Waals surface area contributed by atoms with E-state index in [2.05, 4.69) is 20.6 Å². The molecule has 0 saturated carbocycles. The summed E-state index contributed by atoms with van der Waals surface area (Å²) in [5.41, 5.74) is 1.67. The Labute approximate surface area is 197 Å². The fourth-order valence-electron chi connectivity index (χ4n) is 2.90. The highest BCUT2D eigenvalue weighted by molar-refractivity contribution is 7.98. The van der Waals surface area contributed by atoms with Crippen molar-refractivity contribution in [2.75, 3.05) is 28.8 Å². The van der Waals surface area contributed by atoms with Crippen molar-refractivity contribution in [1.82, 2.24) is 9.97 Å². The van der Waals surface area contributed by atoms with Crippen LogP contribution in [0.3, 0.4) is 0 Å². The van der Waals surface area contributed by atoms with E-state index < -0.39 is 11.7 Å². The zero-order valence-electron chi connectivity index (χ0n) is 19.2. The minimum absolute atomic E-state index is 0.251. The molecule has 33 heavy (non-hydrogen) atoms. The summed E-state index contributed by atoms with van der Waals surface area (Å²) in [6.45, 7) is 5.40. The largest absolute Gasteiger partial charge is 0.444 e. The summed E-state index contributed by atoms with van der Waals surface area (Å²) in [6, 6.07) is 16.4. The van der Waals surface area contributed by atoms with E-state index in [1.54, 1.807) is 50.9 Å². The molecule has 9 heteroatoms. The van der Waals surface area contributed by atoms with Crippen molar-refractivity contribution < 1.29 is 14.3 Å². The van der Waals surface area contributed by atoms with Crippen LogP contribution >= 0.6 is 11.8 Å². The van der Waals surface area contributed by atoms with Crippen LogP contribution in [0.5, 0.6) is 0 Å². The number of amides is 2. The number of thioether (sulfide) groups is 1. The Balaban J connectivity index is 1.86. The predicted molar refractivity (Wildman–Crippen MR) is 133 cm³/mol. The lowest BCUT2D eigenvalue weighted by molar-refractivity contribution is 0.0635. The van der Waals surface area contributed by atoms with Crippen LogP contribution in [0.4, 0.5) is 27.7 Å². The van der Waals surface area contributed by atoms with Crippen molar-refractivity contribution in [3.63, 3.8) is 0 Å². The van der Waals surface area contributed by atoms with Gasteiger partial charge in [-0.25, -0.2) is 14.8 Å². The van der Waals surface area contributed by atoms with Crippen molar-refractivity contribution in [3.8, 4) is 0 Å². The van der Waals surface area contributed by atoms with Crippen molar-refractivity contribution in [1.29, 1.82) is 0 Å². The van der Waals surface area contributed by atoms with Crippen LogP contribution in [-0.2, 0) is 4.74 Å². The molecule has 1 aromatic heterocycles. The van der Waals surface area contributed by atoms with Gasteiger partial charge in [0.05, 0.1) is 0 Å². The Kier molecular flexibility index (Phi) is 7.55. The second kappa shape index (κ2) is 10.4. The average molecular weight is 466 g/mol. The maximum Gasteiger partial charge on any atom is 0.412 e. The lowest BCUT2D eigenvalue weighted by atomic mass is 10.2. The molecule has 8 nitrogen and oxygen atoms in total. The third-order valence-electron chi connectivity index (χ3n) is 4.40. The Hall–Kier alpha value is -3.59. The number of nitrogens with one attached hydrogen (secondary N) is 2. The minimum atomic E-state index is -0.602. The Morgan fingerprint density at radius 3 is 2.39 bits per heavy atom. The summed E-state index contributed by atoms with van der Waals surface area (Å²) in [4.78, 5) is 35.7. The monoisotopic (exact) mass is 465 g/mol. The standard InChI is InChI=1S/C24H27N5O3S/c1-24(2,3)32-23(31)27-17-11-9-10-16(14-17)26-20-19(15-25-22(28-20)33-5)21(30)29(4)18-12-7-6-8-13-18/h6-15H,1-5H3,(H,27,31)(H,25,26,28). The molecule has 0 unspecified atom stereocenters. The Bertz CT molecular complexity index is 1130. The molecular weight excluding hydrogens is 438 g/mol.